The first-order chi connectivity index (χ1) is 12.0. The molecule has 5 nitrogen and oxygen atoms in total. The van der Waals surface area contributed by atoms with Gasteiger partial charge < -0.3 is 15.5 Å². The molecular formula is C17H13Cl2N3O2S. The minimum absolute atomic E-state index is 0.0908. The van der Waals surface area contributed by atoms with Gasteiger partial charge in [-0.1, -0.05) is 35.3 Å². The van der Waals surface area contributed by atoms with E-state index < -0.39 is 6.04 Å². The topological polar surface area (TPSA) is 61.4 Å². The van der Waals surface area contributed by atoms with Crippen LogP contribution >= 0.6 is 34.5 Å². The van der Waals surface area contributed by atoms with Crippen LogP contribution in [0.1, 0.15) is 16.5 Å². The second-order valence-electron chi connectivity index (χ2n) is 5.84. The van der Waals surface area contributed by atoms with E-state index in [1.54, 1.807) is 34.4 Å². The molecule has 2 aliphatic heterocycles. The number of halogens is 2. The summed E-state index contributed by atoms with van der Waals surface area (Å²) in [6, 6.07) is 8.18. The predicted octanol–water partition coefficient (Wildman–Crippen LogP) is 3.71. The summed E-state index contributed by atoms with van der Waals surface area (Å²) in [7, 11) is 0. The monoisotopic (exact) mass is 393 g/mol. The number of thiophene rings is 1. The van der Waals surface area contributed by atoms with Crippen molar-refractivity contribution in [2.75, 3.05) is 6.54 Å². The van der Waals surface area contributed by atoms with Crippen LogP contribution < -0.4 is 10.6 Å². The molecule has 2 aliphatic rings. The second-order valence-corrected chi connectivity index (χ2v) is 7.68. The third kappa shape index (κ3) is 3.01. The van der Waals surface area contributed by atoms with Crippen LogP contribution in [0.3, 0.4) is 0 Å². The van der Waals surface area contributed by atoms with Gasteiger partial charge in [-0.2, -0.15) is 0 Å². The maximum atomic E-state index is 12.9. The molecule has 2 aromatic rings. The van der Waals surface area contributed by atoms with Crippen molar-refractivity contribution in [2.45, 2.75) is 12.6 Å². The molecule has 0 bridgehead atoms. The van der Waals surface area contributed by atoms with Crippen LogP contribution in [0.2, 0.25) is 10.0 Å². The molecule has 0 radical (unpaired) electrons. The quantitative estimate of drug-likeness (QED) is 0.834. The summed E-state index contributed by atoms with van der Waals surface area (Å²) in [5, 5.41) is 8.35. The standard InChI is InChI=1S/C17H13Cl2N3O2S/c18-11-4-3-9(6-12(11)19)15-14-13(20-17(24)21-15)8-22(16(14)23)7-10-2-1-5-25-10/h1-6,15H,7-8H2,(H2,20,21,24)/t15-/m0/s1. The van der Waals surface area contributed by atoms with E-state index in [9.17, 15) is 9.59 Å². The lowest BCUT2D eigenvalue weighted by Crippen LogP contribution is -2.44. The van der Waals surface area contributed by atoms with E-state index in [1.165, 1.54) is 0 Å². The molecule has 3 amide bonds. The lowest BCUT2D eigenvalue weighted by Gasteiger charge is -2.25. The minimum Gasteiger partial charge on any atom is -0.328 e. The van der Waals surface area contributed by atoms with Gasteiger partial charge in [0.15, 0.2) is 0 Å². The minimum atomic E-state index is -0.542. The van der Waals surface area contributed by atoms with E-state index in [-0.39, 0.29) is 11.9 Å². The molecular weight excluding hydrogens is 381 g/mol. The number of amides is 3. The average molecular weight is 394 g/mol. The Balaban J connectivity index is 1.66. The van der Waals surface area contributed by atoms with Crippen LogP contribution in [0, 0.1) is 0 Å². The molecule has 1 aromatic carbocycles. The molecule has 128 valence electrons. The molecule has 0 saturated heterocycles. The van der Waals surface area contributed by atoms with Crippen molar-refractivity contribution in [3.63, 3.8) is 0 Å². The highest BCUT2D eigenvalue weighted by atomic mass is 35.5. The lowest BCUT2D eigenvalue weighted by molar-refractivity contribution is -0.126. The highest BCUT2D eigenvalue weighted by Crippen LogP contribution is 2.35. The van der Waals surface area contributed by atoms with Gasteiger partial charge in [-0.15, -0.1) is 11.3 Å². The van der Waals surface area contributed by atoms with E-state index in [0.717, 1.165) is 10.4 Å². The van der Waals surface area contributed by atoms with Gasteiger partial charge in [-0.05, 0) is 29.1 Å². The maximum absolute atomic E-state index is 12.9. The third-order valence-electron chi connectivity index (χ3n) is 4.22. The van der Waals surface area contributed by atoms with Gasteiger partial charge in [0.2, 0.25) is 0 Å². The van der Waals surface area contributed by atoms with Gasteiger partial charge in [0.1, 0.15) is 0 Å². The number of urea groups is 1. The Labute approximate surface area is 158 Å². The molecule has 2 N–H and O–H groups in total. The Kier molecular flexibility index (Phi) is 4.19. The lowest BCUT2D eigenvalue weighted by atomic mass is 9.96. The van der Waals surface area contributed by atoms with Gasteiger partial charge in [-0.25, -0.2) is 4.79 Å². The van der Waals surface area contributed by atoms with Crippen molar-refractivity contribution in [2.24, 2.45) is 0 Å². The Morgan fingerprint density at radius 3 is 2.76 bits per heavy atom. The van der Waals surface area contributed by atoms with Crippen molar-refractivity contribution < 1.29 is 9.59 Å². The number of rotatable bonds is 3. The SMILES string of the molecule is O=C1NC2=C(C(=O)N(Cc3cccs3)C2)[C@H](c2ccc(Cl)c(Cl)c2)N1. The fraction of sp³-hybridized carbons (Fsp3) is 0.176. The van der Waals surface area contributed by atoms with Crippen LogP contribution in [0.5, 0.6) is 0 Å². The van der Waals surface area contributed by atoms with Crippen LogP contribution in [-0.2, 0) is 11.3 Å². The third-order valence-corrected chi connectivity index (χ3v) is 5.82. The molecule has 8 heteroatoms. The van der Waals surface area contributed by atoms with Crippen LogP contribution in [0.4, 0.5) is 4.79 Å². The maximum Gasteiger partial charge on any atom is 0.319 e. The first kappa shape index (κ1) is 16.4. The number of nitrogens with zero attached hydrogens (tertiary/aromatic N) is 1. The zero-order valence-electron chi connectivity index (χ0n) is 12.9. The van der Waals surface area contributed by atoms with Gasteiger partial charge in [0.05, 0.1) is 40.4 Å². The zero-order chi connectivity index (χ0) is 17.6. The van der Waals surface area contributed by atoms with E-state index in [2.05, 4.69) is 10.6 Å². The molecule has 4 rings (SSSR count). The Hall–Kier alpha value is -2.02. The molecule has 0 spiro atoms. The molecule has 0 fully saturated rings. The van der Waals surface area contributed by atoms with Crippen molar-refractivity contribution in [3.05, 3.63) is 67.5 Å². The summed E-state index contributed by atoms with van der Waals surface area (Å²) in [6.07, 6.45) is 0. The summed E-state index contributed by atoms with van der Waals surface area (Å²) in [5.74, 6) is -0.0908. The van der Waals surface area contributed by atoms with Crippen LogP contribution in [-0.4, -0.2) is 23.4 Å². The molecule has 0 saturated carbocycles. The smallest absolute Gasteiger partial charge is 0.319 e. The van der Waals surface area contributed by atoms with E-state index in [0.29, 0.717) is 34.4 Å². The summed E-state index contributed by atoms with van der Waals surface area (Å²) < 4.78 is 0. The summed E-state index contributed by atoms with van der Waals surface area (Å²) in [5.41, 5.74) is 1.92. The van der Waals surface area contributed by atoms with Crippen molar-refractivity contribution in [1.29, 1.82) is 0 Å². The highest BCUT2D eigenvalue weighted by Gasteiger charge is 2.40. The fourth-order valence-electron chi connectivity index (χ4n) is 3.09. The Morgan fingerprint density at radius 2 is 2.04 bits per heavy atom. The van der Waals surface area contributed by atoms with Gasteiger partial charge in [-0.3, -0.25) is 4.79 Å². The molecule has 1 atom stereocenters. The largest absolute Gasteiger partial charge is 0.328 e. The first-order valence-corrected chi connectivity index (χ1v) is 9.23. The Bertz CT molecular complexity index is 895. The van der Waals surface area contributed by atoms with Gasteiger partial charge >= 0.3 is 6.03 Å². The fourth-order valence-corrected chi connectivity index (χ4v) is 4.11. The molecule has 3 heterocycles. The van der Waals surface area contributed by atoms with Crippen LogP contribution in [0.25, 0.3) is 0 Å². The molecule has 1 aromatic heterocycles. The van der Waals surface area contributed by atoms with E-state index in [1.807, 2.05) is 17.5 Å². The first-order valence-electron chi connectivity index (χ1n) is 7.60. The van der Waals surface area contributed by atoms with E-state index >= 15 is 0 Å². The van der Waals surface area contributed by atoms with Gasteiger partial charge in [0.25, 0.3) is 5.91 Å². The molecule has 25 heavy (non-hydrogen) atoms. The number of carbonyl (C=O) groups is 2. The number of hydrogen-bond acceptors (Lipinski definition) is 3. The number of hydrogen-bond donors (Lipinski definition) is 2. The van der Waals surface area contributed by atoms with Crippen LogP contribution in [0.15, 0.2) is 47.0 Å². The Morgan fingerprint density at radius 1 is 1.20 bits per heavy atom. The normalized spacial score (nSPS) is 19.8. The number of carbonyl (C=O) groups excluding carboxylic acids is 2. The van der Waals surface area contributed by atoms with Crippen molar-refractivity contribution in [1.82, 2.24) is 15.5 Å². The second kappa shape index (κ2) is 6.37. The zero-order valence-corrected chi connectivity index (χ0v) is 15.2. The predicted molar refractivity (Wildman–Crippen MR) is 97.6 cm³/mol. The summed E-state index contributed by atoms with van der Waals surface area (Å²) in [6.45, 7) is 0.908. The number of nitrogens with one attached hydrogen (secondary N) is 2. The van der Waals surface area contributed by atoms with Crippen molar-refractivity contribution in [3.8, 4) is 0 Å². The summed E-state index contributed by atoms with van der Waals surface area (Å²) in [4.78, 5) is 27.8. The highest BCUT2D eigenvalue weighted by molar-refractivity contribution is 7.09. The number of benzene rings is 1. The van der Waals surface area contributed by atoms with Gasteiger partial charge in [0, 0.05) is 4.88 Å². The summed E-state index contributed by atoms with van der Waals surface area (Å²) >= 11 is 13.7. The average Bonchev–Trinajstić information content (AvgIpc) is 3.18. The molecule has 0 unspecified atom stereocenters. The van der Waals surface area contributed by atoms with Crippen molar-refractivity contribution >= 4 is 46.5 Å². The molecule has 0 aliphatic carbocycles. The van der Waals surface area contributed by atoms with E-state index in [4.69, 9.17) is 23.2 Å².